The summed E-state index contributed by atoms with van der Waals surface area (Å²) in [7, 11) is 0. The summed E-state index contributed by atoms with van der Waals surface area (Å²) in [6, 6.07) is 28.8. The summed E-state index contributed by atoms with van der Waals surface area (Å²) in [6.45, 7) is 0. The third-order valence-electron chi connectivity index (χ3n) is 4.52. The van der Waals surface area contributed by atoms with E-state index in [-0.39, 0.29) is 0 Å². The van der Waals surface area contributed by atoms with Crippen LogP contribution in [0.4, 0.5) is 17.1 Å². The van der Waals surface area contributed by atoms with Gasteiger partial charge in [0.15, 0.2) is 6.29 Å². The molecule has 148 valence electrons. The molecule has 5 heteroatoms. The van der Waals surface area contributed by atoms with Crippen molar-refractivity contribution in [3.63, 3.8) is 0 Å². The lowest BCUT2D eigenvalue weighted by atomic mass is 10.1. The van der Waals surface area contributed by atoms with E-state index in [1.165, 1.54) is 11.3 Å². The van der Waals surface area contributed by atoms with Gasteiger partial charge < -0.3 is 4.90 Å². The Hall–Kier alpha value is -2.47. The molecule has 0 spiro atoms. The lowest BCUT2D eigenvalue weighted by Gasteiger charge is -2.25. The van der Waals surface area contributed by atoms with Crippen LogP contribution >= 0.6 is 43.2 Å². The van der Waals surface area contributed by atoms with Crippen LogP contribution in [0.2, 0.25) is 0 Å². The van der Waals surface area contributed by atoms with Crippen LogP contribution in [0.1, 0.15) is 20.1 Å². The van der Waals surface area contributed by atoms with Crippen LogP contribution in [-0.2, 0) is 0 Å². The summed E-state index contributed by atoms with van der Waals surface area (Å²) in [6.07, 6.45) is 4.98. The fourth-order valence-electron chi connectivity index (χ4n) is 3.06. The molecule has 4 rings (SSSR count). The van der Waals surface area contributed by atoms with Crippen molar-refractivity contribution >= 4 is 78.7 Å². The van der Waals surface area contributed by atoms with Crippen LogP contribution in [0, 0.1) is 0 Å². The number of carbonyl (C=O) groups is 1. The molecule has 1 aromatic heterocycles. The van der Waals surface area contributed by atoms with Gasteiger partial charge in [0.1, 0.15) is 0 Å². The van der Waals surface area contributed by atoms with Crippen LogP contribution in [0.5, 0.6) is 0 Å². The van der Waals surface area contributed by atoms with Gasteiger partial charge in [-0.3, -0.25) is 4.79 Å². The van der Waals surface area contributed by atoms with E-state index in [0.29, 0.717) is 0 Å². The highest BCUT2D eigenvalue weighted by atomic mass is 79.9. The molecule has 0 N–H and O–H groups in total. The number of benzene rings is 3. The minimum absolute atomic E-state index is 0.740. The second-order valence-electron chi connectivity index (χ2n) is 6.57. The van der Waals surface area contributed by atoms with Crippen LogP contribution in [0.25, 0.3) is 12.2 Å². The van der Waals surface area contributed by atoms with E-state index >= 15 is 0 Å². The fraction of sp³-hybridized carbons (Fsp3) is 0. The molecule has 0 saturated heterocycles. The molecule has 0 amide bonds. The smallest absolute Gasteiger partial charge is 0.160 e. The van der Waals surface area contributed by atoms with E-state index in [0.717, 1.165) is 47.6 Å². The van der Waals surface area contributed by atoms with E-state index < -0.39 is 0 Å². The first-order valence-corrected chi connectivity index (χ1v) is 11.7. The molecule has 1 heterocycles. The van der Waals surface area contributed by atoms with Crippen molar-refractivity contribution in [2.24, 2.45) is 0 Å². The molecule has 4 aromatic rings. The lowest BCUT2D eigenvalue weighted by molar-refractivity contribution is 0.112. The summed E-state index contributed by atoms with van der Waals surface area (Å²) >= 11 is 8.52. The largest absolute Gasteiger partial charge is 0.311 e. The van der Waals surface area contributed by atoms with E-state index in [9.17, 15) is 4.79 Å². The molecular formula is C25H17Br2NOS. The Bertz CT molecular complexity index is 1120. The van der Waals surface area contributed by atoms with E-state index in [1.54, 1.807) is 0 Å². The average molecular weight is 539 g/mol. The first-order chi connectivity index (χ1) is 14.6. The highest BCUT2D eigenvalue weighted by Crippen LogP contribution is 2.35. The Morgan fingerprint density at radius 1 is 0.600 bits per heavy atom. The van der Waals surface area contributed by atoms with Gasteiger partial charge in [-0.2, -0.15) is 0 Å². The van der Waals surface area contributed by atoms with E-state index in [4.69, 9.17) is 0 Å². The Labute approximate surface area is 196 Å². The number of anilines is 3. The molecular weight excluding hydrogens is 522 g/mol. The first kappa shape index (κ1) is 20.8. The number of nitrogens with zero attached hydrogens (tertiary/aromatic N) is 1. The monoisotopic (exact) mass is 537 g/mol. The number of carbonyl (C=O) groups excluding carboxylic acids is 1. The Morgan fingerprint density at radius 2 is 1.07 bits per heavy atom. The van der Waals surface area contributed by atoms with Gasteiger partial charge in [-0.15, -0.1) is 11.3 Å². The maximum atomic E-state index is 10.8. The van der Waals surface area contributed by atoms with Crippen LogP contribution < -0.4 is 4.90 Å². The van der Waals surface area contributed by atoms with Gasteiger partial charge in [0.2, 0.25) is 0 Å². The van der Waals surface area contributed by atoms with Crippen molar-refractivity contribution in [1.29, 1.82) is 0 Å². The van der Waals surface area contributed by atoms with Gasteiger partial charge in [-0.1, -0.05) is 50.1 Å². The summed E-state index contributed by atoms with van der Waals surface area (Å²) in [4.78, 5) is 14.9. The molecule has 0 aliphatic carbocycles. The Kier molecular flexibility index (Phi) is 6.62. The normalized spacial score (nSPS) is 11.0. The zero-order chi connectivity index (χ0) is 20.9. The second-order valence-corrected chi connectivity index (χ2v) is 9.55. The van der Waals surface area contributed by atoms with Crippen molar-refractivity contribution in [2.75, 3.05) is 4.90 Å². The van der Waals surface area contributed by atoms with Gasteiger partial charge >= 0.3 is 0 Å². The summed E-state index contributed by atoms with van der Waals surface area (Å²) < 4.78 is 2.10. The third kappa shape index (κ3) is 4.98. The van der Waals surface area contributed by atoms with Crippen molar-refractivity contribution in [1.82, 2.24) is 0 Å². The summed E-state index contributed by atoms with van der Waals surface area (Å²) in [5.74, 6) is 0. The molecule has 0 aliphatic rings. The topological polar surface area (TPSA) is 20.3 Å². The number of thiophene rings is 1. The zero-order valence-corrected chi connectivity index (χ0v) is 19.8. The molecule has 0 radical (unpaired) electrons. The minimum atomic E-state index is 0.740. The van der Waals surface area contributed by atoms with Crippen LogP contribution in [0.3, 0.4) is 0 Å². The van der Waals surface area contributed by atoms with E-state index in [1.807, 2.05) is 42.5 Å². The molecule has 3 aromatic carbocycles. The predicted molar refractivity (Wildman–Crippen MR) is 135 cm³/mol. The molecule has 0 bridgehead atoms. The predicted octanol–water partition coefficient (Wildman–Crippen LogP) is 8.73. The van der Waals surface area contributed by atoms with Crippen molar-refractivity contribution in [3.8, 4) is 0 Å². The van der Waals surface area contributed by atoms with Crippen molar-refractivity contribution in [2.45, 2.75) is 0 Å². The van der Waals surface area contributed by atoms with E-state index in [2.05, 4.69) is 91.4 Å². The zero-order valence-electron chi connectivity index (χ0n) is 15.8. The highest BCUT2D eigenvalue weighted by Gasteiger charge is 2.12. The van der Waals surface area contributed by atoms with Gasteiger partial charge in [0.05, 0.1) is 4.88 Å². The number of rotatable bonds is 6. The molecule has 0 aliphatic heterocycles. The molecule has 30 heavy (non-hydrogen) atoms. The van der Waals surface area contributed by atoms with Gasteiger partial charge in [0, 0.05) is 30.9 Å². The van der Waals surface area contributed by atoms with Crippen molar-refractivity contribution < 1.29 is 4.79 Å². The fourth-order valence-corrected chi connectivity index (χ4v) is 4.32. The molecule has 0 atom stereocenters. The SMILES string of the molecule is O=Cc1ccc(C=Cc2ccc(N(c3ccc(Br)cc3)c3ccc(Br)cc3)cc2)s1. The number of aldehydes is 1. The quantitative estimate of drug-likeness (QED) is 0.229. The van der Waals surface area contributed by atoms with Crippen molar-refractivity contribution in [3.05, 3.63) is 109 Å². The third-order valence-corrected chi connectivity index (χ3v) is 6.56. The number of hydrogen-bond acceptors (Lipinski definition) is 3. The second kappa shape index (κ2) is 9.56. The van der Waals surface area contributed by atoms with Gasteiger partial charge in [-0.25, -0.2) is 0 Å². The minimum Gasteiger partial charge on any atom is -0.311 e. The maximum absolute atomic E-state index is 10.8. The molecule has 0 unspecified atom stereocenters. The summed E-state index contributed by atoms with van der Waals surface area (Å²) in [5, 5.41) is 0. The number of halogens is 2. The lowest BCUT2D eigenvalue weighted by Crippen LogP contribution is -2.09. The molecule has 2 nitrogen and oxygen atoms in total. The maximum Gasteiger partial charge on any atom is 0.160 e. The van der Waals surface area contributed by atoms with Gasteiger partial charge in [-0.05, 0) is 84.4 Å². The standard InChI is InChI=1S/C25H17Br2NOS/c26-19-4-10-22(11-5-19)28(23-12-6-20(27)7-13-23)21-8-1-18(2-9-21)3-14-24-15-16-25(17-29)30-24/h1-17H. The Balaban J connectivity index is 1.64. The van der Waals surface area contributed by atoms with Crippen LogP contribution in [0.15, 0.2) is 93.9 Å². The first-order valence-electron chi connectivity index (χ1n) is 9.27. The number of hydrogen-bond donors (Lipinski definition) is 0. The molecule has 0 fully saturated rings. The summed E-state index contributed by atoms with van der Waals surface area (Å²) in [5.41, 5.74) is 4.36. The Morgan fingerprint density at radius 3 is 1.53 bits per heavy atom. The highest BCUT2D eigenvalue weighted by molar-refractivity contribution is 9.10. The molecule has 0 saturated carbocycles. The van der Waals surface area contributed by atoms with Crippen LogP contribution in [-0.4, -0.2) is 6.29 Å². The van der Waals surface area contributed by atoms with Gasteiger partial charge in [0.25, 0.3) is 0 Å². The average Bonchev–Trinajstić information content (AvgIpc) is 3.24.